The number of rotatable bonds is 7. The monoisotopic (exact) mass is 355 g/mol. The van der Waals surface area contributed by atoms with E-state index in [2.05, 4.69) is 19.2 Å². The number of carbonyl (C=O) groups is 1. The SMILES string of the molecule is CC(C)C[NH+]1CCO[C@@H](C[NH+](C)CC(=O)Nc2ccccc2Cl)C1. The summed E-state index contributed by atoms with van der Waals surface area (Å²) >= 11 is 6.07. The molecule has 1 fully saturated rings. The number of ether oxygens (including phenoxy) is 1. The molecule has 6 heteroatoms. The fourth-order valence-electron chi connectivity index (χ4n) is 3.24. The number of morpholine rings is 1. The molecule has 24 heavy (non-hydrogen) atoms. The van der Waals surface area contributed by atoms with Crippen LogP contribution < -0.4 is 15.1 Å². The van der Waals surface area contributed by atoms with Gasteiger partial charge in [0, 0.05) is 5.92 Å². The summed E-state index contributed by atoms with van der Waals surface area (Å²) in [5, 5.41) is 3.44. The Morgan fingerprint density at radius 2 is 2.21 bits per heavy atom. The zero-order valence-electron chi connectivity index (χ0n) is 14.9. The van der Waals surface area contributed by atoms with Crippen molar-refractivity contribution in [2.24, 2.45) is 5.92 Å². The molecule has 2 unspecified atom stereocenters. The second kappa shape index (κ2) is 9.37. The van der Waals surface area contributed by atoms with Gasteiger partial charge in [0.25, 0.3) is 5.91 Å². The van der Waals surface area contributed by atoms with Gasteiger partial charge in [-0.25, -0.2) is 0 Å². The summed E-state index contributed by atoms with van der Waals surface area (Å²) in [4.78, 5) is 14.9. The maximum Gasteiger partial charge on any atom is 0.279 e. The highest BCUT2D eigenvalue weighted by atomic mass is 35.5. The molecule has 134 valence electrons. The van der Waals surface area contributed by atoms with Crippen LogP contribution in [0.15, 0.2) is 24.3 Å². The Morgan fingerprint density at radius 3 is 2.92 bits per heavy atom. The maximum atomic E-state index is 12.2. The van der Waals surface area contributed by atoms with Crippen molar-refractivity contribution in [2.45, 2.75) is 20.0 Å². The van der Waals surface area contributed by atoms with Crippen molar-refractivity contribution in [2.75, 3.05) is 51.7 Å². The van der Waals surface area contributed by atoms with Crippen LogP contribution in [0.4, 0.5) is 5.69 Å². The number of benzene rings is 1. The second-order valence-electron chi connectivity index (χ2n) is 7.16. The van der Waals surface area contributed by atoms with Crippen molar-refractivity contribution in [3.63, 3.8) is 0 Å². The van der Waals surface area contributed by atoms with Gasteiger partial charge in [-0.1, -0.05) is 37.6 Å². The van der Waals surface area contributed by atoms with Crippen molar-refractivity contribution < 1.29 is 19.3 Å². The highest BCUT2D eigenvalue weighted by molar-refractivity contribution is 6.33. The summed E-state index contributed by atoms with van der Waals surface area (Å²) in [7, 11) is 2.03. The van der Waals surface area contributed by atoms with Gasteiger partial charge in [-0.2, -0.15) is 0 Å². The van der Waals surface area contributed by atoms with E-state index in [0.29, 0.717) is 23.2 Å². The van der Waals surface area contributed by atoms with E-state index in [4.69, 9.17) is 16.3 Å². The third-order valence-electron chi connectivity index (χ3n) is 4.21. The largest absolute Gasteiger partial charge is 0.361 e. The van der Waals surface area contributed by atoms with Crippen molar-refractivity contribution in [1.82, 2.24) is 0 Å². The fourth-order valence-corrected chi connectivity index (χ4v) is 3.42. The van der Waals surface area contributed by atoms with E-state index >= 15 is 0 Å². The summed E-state index contributed by atoms with van der Waals surface area (Å²) in [5.74, 6) is 0.674. The smallest absolute Gasteiger partial charge is 0.279 e. The van der Waals surface area contributed by atoms with Gasteiger partial charge in [-0.05, 0) is 12.1 Å². The zero-order chi connectivity index (χ0) is 17.5. The van der Waals surface area contributed by atoms with E-state index in [1.165, 1.54) is 6.54 Å². The average molecular weight is 356 g/mol. The van der Waals surface area contributed by atoms with Crippen LogP contribution in [0.1, 0.15) is 13.8 Å². The number of likely N-dealkylation sites (N-methyl/N-ethyl adjacent to an activating group) is 1. The Morgan fingerprint density at radius 1 is 1.46 bits per heavy atom. The highest BCUT2D eigenvalue weighted by Gasteiger charge is 2.27. The predicted molar refractivity (Wildman–Crippen MR) is 96.8 cm³/mol. The lowest BCUT2D eigenvalue weighted by molar-refractivity contribution is -0.926. The summed E-state index contributed by atoms with van der Waals surface area (Å²) in [6, 6.07) is 7.30. The van der Waals surface area contributed by atoms with Crippen molar-refractivity contribution in [3.05, 3.63) is 29.3 Å². The summed E-state index contributed by atoms with van der Waals surface area (Å²) in [6.45, 7) is 9.88. The summed E-state index contributed by atoms with van der Waals surface area (Å²) in [5.41, 5.74) is 0.665. The highest BCUT2D eigenvalue weighted by Crippen LogP contribution is 2.19. The van der Waals surface area contributed by atoms with Crippen LogP contribution in [0.5, 0.6) is 0 Å². The quantitative estimate of drug-likeness (QED) is 0.631. The molecule has 1 heterocycles. The lowest BCUT2D eigenvalue weighted by atomic mass is 10.1. The van der Waals surface area contributed by atoms with Crippen LogP contribution in [0, 0.1) is 5.92 Å². The molecule has 0 aromatic heterocycles. The van der Waals surface area contributed by atoms with Crippen LogP contribution in [0.25, 0.3) is 0 Å². The van der Waals surface area contributed by atoms with E-state index in [9.17, 15) is 4.79 Å². The van der Waals surface area contributed by atoms with Crippen molar-refractivity contribution in [1.29, 1.82) is 0 Å². The molecule has 1 aromatic carbocycles. The normalized spacial score (nSPS) is 22.4. The Bertz CT molecular complexity index is 539. The second-order valence-corrected chi connectivity index (χ2v) is 7.57. The first-order chi connectivity index (χ1) is 11.4. The molecule has 0 spiro atoms. The Balaban J connectivity index is 1.77. The Hall–Kier alpha value is -1.14. The summed E-state index contributed by atoms with van der Waals surface area (Å²) < 4.78 is 5.88. The summed E-state index contributed by atoms with van der Waals surface area (Å²) in [6.07, 6.45) is 0.223. The maximum absolute atomic E-state index is 12.2. The van der Waals surface area contributed by atoms with E-state index in [1.54, 1.807) is 11.0 Å². The van der Waals surface area contributed by atoms with Gasteiger partial charge in [0.1, 0.15) is 19.6 Å². The van der Waals surface area contributed by atoms with Gasteiger partial charge in [0.05, 0.1) is 30.9 Å². The topological polar surface area (TPSA) is 47.2 Å². The van der Waals surface area contributed by atoms with Gasteiger partial charge >= 0.3 is 0 Å². The molecule has 0 bridgehead atoms. The molecule has 5 nitrogen and oxygen atoms in total. The lowest BCUT2D eigenvalue weighted by Crippen LogP contribution is -3.18. The number of amides is 1. The third kappa shape index (κ3) is 6.40. The average Bonchev–Trinajstić information content (AvgIpc) is 2.49. The predicted octanol–water partition coefficient (Wildman–Crippen LogP) is -0.267. The molecule has 1 aliphatic heterocycles. The van der Waals surface area contributed by atoms with E-state index in [1.807, 2.05) is 25.2 Å². The number of halogens is 1. The van der Waals surface area contributed by atoms with Crippen LogP contribution in [0.2, 0.25) is 5.02 Å². The molecule has 3 N–H and O–H groups in total. The standard InChI is InChI=1S/C18H28ClN3O2/c1-14(2)10-22-8-9-24-15(12-22)11-21(3)13-18(23)20-17-7-5-4-6-16(17)19/h4-7,14-15H,8-13H2,1-3H3,(H,20,23)/p+2/t15-/m0/s1. The molecule has 1 aliphatic rings. The van der Waals surface area contributed by atoms with Gasteiger partial charge in [0.15, 0.2) is 12.6 Å². The van der Waals surface area contributed by atoms with Crippen LogP contribution in [-0.4, -0.2) is 58.4 Å². The number of carbonyl (C=O) groups excluding carboxylic acids is 1. The minimum Gasteiger partial charge on any atom is -0.361 e. The first-order valence-corrected chi connectivity index (χ1v) is 9.12. The fraction of sp³-hybridized carbons (Fsp3) is 0.611. The molecule has 0 aliphatic carbocycles. The van der Waals surface area contributed by atoms with Gasteiger partial charge in [-0.15, -0.1) is 0 Å². The first kappa shape index (κ1) is 19.2. The van der Waals surface area contributed by atoms with Crippen molar-refractivity contribution >= 4 is 23.2 Å². The Kier molecular flexibility index (Phi) is 7.49. The van der Waals surface area contributed by atoms with Gasteiger partial charge in [0.2, 0.25) is 0 Å². The van der Waals surface area contributed by atoms with Gasteiger partial charge < -0.3 is 19.9 Å². The molecular weight excluding hydrogens is 326 g/mol. The molecule has 1 amide bonds. The molecule has 2 rings (SSSR count). The first-order valence-electron chi connectivity index (χ1n) is 8.75. The number of hydrogen-bond acceptors (Lipinski definition) is 2. The van der Waals surface area contributed by atoms with Crippen LogP contribution >= 0.6 is 11.6 Å². The van der Waals surface area contributed by atoms with Gasteiger partial charge in [-0.3, -0.25) is 4.79 Å². The molecule has 0 radical (unpaired) electrons. The number of para-hydroxylation sites is 1. The third-order valence-corrected chi connectivity index (χ3v) is 4.54. The van der Waals surface area contributed by atoms with E-state index in [0.717, 1.165) is 31.1 Å². The number of hydrogen-bond donors (Lipinski definition) is 3. The molecule has 1 saturated heterocycles. The van der Waals surface area contributed by atoms with Crippen LogP contribution in [-0.2, 0) is 9.53 Å². The van der Waals surface area contributed by atoms with E-state index in [-0.39, 0.29) is 12.0 Å². The molecular formula is C18H30ClN3O2+2. The minimum atomic E-state index is -0.0252. The van der Waals surface area contributed by atoms with E-state index < -0.39 is 0 Å². The molecule has 1 aromatic rings. The lowest BCUT2D eigenvalue weighted by Gasteiger charge is -2.31. The zero-order valence-corrected chi connectivity index (χ0v) is 15.7. The van der Waals surface area contributed by atoms with Crippen molar-refractivity contribution in [3.8, 4) is 0 Å². The molecule has 0 saturated carbocycles. The van der Waals surface area contributed by atoms with Crippen LogP contribution in [0.3, 0.4) is 0 Å². The number of anilines is 1. The Labute approximate surface area is 149 Å². The minimum absolute atomic E-state index is 0.0252. The number of nitrogens with one attached hydrogen (secondary N) is 3. The number of quaternary nitrogens is 2. The molecule has 3 atom stereocenters.